The van der Waals surface area contributed by atoms with Crippen molar-refractivity contribution in [2.75, 3.05) is 12.4 Å². The van der Waals surface area contributed by atoms with Crippen molar-refractivity contribution in [3.05, 3.63) is 24.3 Å². The molecule has 0 fully saturated rings. The van der Waals surface area contributed by atoms with Gasteiger partial charge in [0.2, 0.25) is 0 Å². The van der Waals surface area contributed by atoms with Gasteiger partial charge in [-0.1, -0.05) is 25.5 Å². The van der Waals surface area contributed by atoms with Crippen molar-refractivity contribution in [2.24, 2.45) is 0 Å². The fraction of sp³-hybridized carbons (Fsp3) is 0.467. The predicted molar refractivity (Wildman–Crippen MR) is 76.7 cm³/mol. The predicted octanol–water partition coefficient (Wildman–Crippen LogP) is 2.76. The molecule has 1 aromatic rings. The molecule has 1 unspecified atom stereocenters. The molecule has 0 aliphatic rings. The molecule has 0 aliphatic carbocycles. The van der Waals surface area contributed by atoms with E-state index in [0.29, 0.717) is 17.9 Å². The first-order valence-electron chi connectivity index (χ1n) is 6.71. The Balaban J connectivity index is 2.55. The van der Waals surface area contributed by atoms with Gasteiger partial charge < -0.3 is 14.8 Å². The van der Waals surface area contributed by atoms with E-state index in [1.165, 1.54) is 7.11 Å². The Labute approximate surface area is 119 Å². The first-order valence-corrected chi connectivity index (χ1v) is 6.71. The van der Waals surface area contributed by atoms with Crippen molar-refractivity contribution in [1.82, 2.24) is 0 Å². The third-order valence-corrected chi connectivity index (χ3v) is 2.78. The molecule has 1 atom stereocenters. The average Bonchev–Trinajstić information content (AvgIpc) is 2.45. The van der Waals surface area contributed by atoms with Crippen molar-refractivity contribution in [3.63, 3.8) is 0 Å². The zero-order valence-electron chi connectivity index (χ0n) is 12.1. The van der Waals surface area contributed by atoms with Gasteiger partial charge in [0.1, 0.15) is 5.75 Å². The monoisotopic (exact) mass is 279 g/mol. The Morgan fingerprint density at radius 2 is 2.00 bits per heavy atom. The van der Waals surface area contributed by atoms with Gasteiger partial charge in [0.15, 0.2) is 6.10 Å². The summed E-state index contributed by atoms with van der Waals surface area (Å²) in [6, 6.07) is 7.06. The van der Waals surface area contributed by atoms with Crippen LogP contribution in [0.25, 0.3) is 0 Å². The molecule has 5 heteroatoms. The van der Waals surface area contributed by atoms with Crippen LogP contribution in [-0.2, 0) is 14.3 Å². The lowest BCUT2D eigenvalue weighted by atomic mass is 10.2. The van der Waals surface area contributed by atoms with E-state index in [4.69, 9.17) is 9.47 Å². The summed E-state index contributed by atoms with van der Waals surface area (Å²) in [5.74, 6) is -0.167. The highest BCUT2D eigenvalue weighted by Gasteiger charge is 2.18. The molecule has 0 aromatic heterocycles. The van der Waals surface area contributed by atoms with Gasteiger partial charge in [-0.15, -0.1) is 0 Å². The van der Waals surface area contributed by atoms with Crippen LogP contribution in [0.1, 0.15) is 33.1 Å². The highest BCUT2D eigenvalue weighted by molar-refractivity contribution is 5.96. The van der Waals surface area contributed by atoms with E-state index in [2.05, 4.69) is 5.32 Å². The van der Waals surface area contributed by atoms with E-state index in [9.17, 15) is 9.59 Å². The molecular weight excluding hydrogens is 258 g/mol. The van der Waals surface area contributed by atoms with Crippen molar-refractivity contribution in [2.45, 2.75) is 39.2 Å². The minimum Gasteiger partial charge on any atom is -0.495 e. The smallest absolute Gasteiger partial charge is 0.306 e. The van der Waals surface area contributed by atoms with Crippen LogP contribution < -0.4 is 10.1 Å². The number of carbonyl (C=O) groups excluding carboxylic acids is 2. The Kier molecular flexibility index (Phi) is 6.56. The van der Waals surface area contributed by atoms with Gasteiger partial charge in [-0.3, -0.25) is 9.59 Å². The van der Waals surface area contributed by atoms with E-state index in [1.807, 2.05) is 13.0 Å². The number of benzene rings is 1. The quantitative estimate of drug-likeness (QED) is 0.779. The highest BCUT2D eigenvalue weighted by atomic mass is 16.5. The van der Waals surface area contributed by atoms with E-state index in [0.717, 1.165) is 12.8 Å². The minimum atomic E-state index is -0.829. The van der Waals surface area contributed by atoms with Gasteiger partial charge >= 0.3 is 5.97 Å². The average molecular weight is 279 g/mol. The maximum Gasteiger partial charge on any atom is 0.306 e. The van der Waals surface area contributed by atoms with E-state index >= 15 is 0 Å². The van der Waals surface area contributed by atoms with E-state index in [-0.39, 0.29) is 11.9 Å². The van der Waals surface area contributed by atoms with Crippen molar-refractivity contribution in [3.8, 4) is 5.75 Å². The molecule has 0 saturated carbocycles. The Bertz CT molecular complexity index is 459. The molecule has 20 heavy (non-hydrogen) atoms. The SMILES string of the molecule is CCCCC(=O)OC(C)C(=O)Nc1ccccc1OC. The van der Waals surface area contributed by atoms with Crippen LogP contribution in [0, 0.1) is 0 Å². The van der Waals surface area contributed by atoms with Gasteiger partial charge in [0, 0.05) is 6.42 Å². The van der Waals surface area contributed by atoms with Gasteiger partial charge in [0.05, 0.1) is 12.8 Å². The van der Waals surface area contributed by atoms with Crippen LogP contribution in [0.3, 0.4) is 0 Å². The number of unbranched alkanes of at least 4 members (excludes halogenated alkanes) is 1. The summed E-state index contributed by atoms with van der Waals surface area (Å²) >= 11 is 0. The highest BCUT2D eigenvalue weighted by Crippen LogP contribution is 2.23. The summed E-state index contributed by atoms with van der Waals surface area (Å²) in [5, 5.41) is 2.68. The number of hydrogen-bond acceptors (Lipinski definition) is 4. The number of carbonyl (C=O) groups is 2. The first-order chi connectivity index (χ1) is 9.58. The van der Waals surface area contributed by atoms with Crippen molar-refractivity contribution in [1.29, 1.82) is 0 Å². The largest absolute Gasteiger partial charge is 0.495 e. The summed E-state index contributed by atoms with van der Waals surface area (Å²) in [6.07, 6.45) is 1.18. The molecule has 1 amide bonds. The van der Waals surface area contributed by atoms with Gasteiger partial charge in [-0.2, -0.15) is 0 Å². The number of amides is 1. The third kappa shape index (κ3) is 4.91. The van der Waals surface area contributed by atoms with E-state index < -0.39 is 6.10 Å². The Hall–Kier alpha value is -2.04. The maximum atomic E-state index is 11.9. The minimum absolute atomic E-state index is 0.336. The number of anilines is 1. The summed E-state index contributed by atoms with van der Waals surface area (Å²) in [7, 11) is 1.53. The van der Waals surface area contributed by atoms with Crippen molar-refractivity contribution < 1.29 is 19.1 Å². The molecule has 0 saturated heterocycles. The number of esters is 1. The summed E-state index contributed by atoms with van der Waals surface area (Å²) < 4.78 is 10.2. The molecule has 0 radical (unpaired) electrons. The topological polar surface area (TPSA) is 64.6 Å². The summed E-state index contributed by atoms with van der Waals surface area (Å²) in [4.78, 5) is 23.4. The molecule has 0 spiro atoms. The lowest BCUT2D eigenvalue weighted by Crippen LogP contribution is -2.30. The second-order valence-corrected chi connectivity index (χ2v) is 4.43. The lowest BCUT2D eigenvalue weighted by Gasteiger charge is -2.15. The number of nitrogens with one attached hydrogen (secondary N) is 1. The molecule has 0 heterocycles. The van der Waals surface area contributed by atoms with Crippen LogP contribution in [0.15, 0.2) is 24.3 Å². The fourth-order valence-electron chi connectivity index (χ4n) is 1.61. The number of hydrogen-bond donors (Lipinski definition) is 1. The number of methoxy groups -OCH3 is 1. The molecule has 1 N–H and O–H groups in total. The van der Waals surface area contributed by atoms with Gasteiger partial charge in [-0.25, -0.2) is 0 Å². The standard InChI is InChI=1S/C15H21NO4/c1-4-5-10-14(17)20-11(2)15(18)16-12-8-6-7-9-13(12)19-3/h6-9,11H,4-5,10H2,1-3H3,(H,16,18). The van der Waals surface area contributed by atoms with Gasteiger partial charge in [-0.05, 0) is 25.5 Å². The third-order valence-electron chi connectivity index (χ3n) is 2.78. The first kappa shape index (κ1) is 16.0. The van der Waals surface area contributed by atoms with Gasteiger partial charge in [0.25, 0.3) is 5.91 Å². The summed E-state index contributed by atoms with van der Waals surface area (Å²) in [6.45, 7) is 3.54. The normalized spacial score (nSPS) is 11.6. The molecular formula is C15H21NO4. The second-order valence-electron chi connectivity index (χ2n) is 4.43. The van der Waals surface area contributed by atoms with Crippen molar-refractivity contribution >= 4 is 17.6 Å². The maximum absolute atomic E-state index is 11.9. The molecule has 0 aliphatic heterocycles. The van der Waals surface area contributed by atoms with E-state index in [1.54, 1.807) is 25.1 Å². The van der Waals surface area contributed by atoms with Crippen LogP contribution in [0.2, 0.25) is 0 Å². The Morgan fingerprint density at radius 1 is 1.30 bits per heavy atom. The summed E-state index contributed by atoms with van der Waals surface area (Å²) in [5.41, 5.74) is 0.552. The number of ether oxygens (including phenoxy) is 2. The van der Waals surface area contributed by atoms with Crippen LogP contribution >= 0.6 is 0 Å². The molecule has 1 rings (SSSR count). The number of para-hydroxylation sites is 2. The Morgan fingerprint density at radius 3 is 2.65 bits per heavy atom. The zero-order valence-corrected chi connectivity index (χ0v) is 12.1. The molecule has 1 aromatic carbocycles. The van der Waals surface area contributed by atoms with Crippen LogP contribution in [0.4, 0.5) is 5.69 Å². The molecule has 5 nitrogen and oxygen atoms in total. The molecule has 110 valence electrons. The lowest BCUT2D eigenvalue weighted by molar-refractivity contribution is -0.153. The number of rotatable bonds is 7. The van der Waals surface area contributed by atoms with Crippen LogP contribution in [-0.4, -0.2) is 25.1 Å². The van der Waals surface area contributed by atoms with Crippen LogP contribution in [0.5, 0.6) is 5.75 Å². The second kappa shape index (κ2) is 8.19. The fourth-order valence-corrected chi connectivity index (χ4v) is 1.61. The zero-order chi connectivity index (χ0) is 15.0. The molecule has 0 bridgehead atoms.